The van der Waals surface area contributed by atoms with Gasteiger partial charge in [-0.1, -0.05) is 5.11 Å². The maximum Gasteiger partial charge on any atom is 0.329 e. The van der Waals surface area contributed by atoms with Gasteiger partial charge in [-0.25, -0.2) is 4.79 Å². The average Bonchev–Trinajstić information content (AvgIpc) is 3.08. The van der Waals surface area contributed by atoms with E-state index in [4.69, 9.17) is 77.0 Å². The number of hydrogen-bond donors (Lipinski definition) is 1. The smallest absolute Gasteiger partial charge is 0.329 e. The highest BCUT2D eigenvalue weighted by atomic mass is 16.7. The minimum Gasteiger partial charge on any atom is -0.480 e. The lowest BCUT2D eigenvalue weighted by Gasteiger charge is -2.33. The minimum absolute atomic E-state index is 0.0128. The molecule has 0 rings (SSSR count). The Morgan fingerprint density at radius 1 is 0.521 bits per heavy atom. The topological polar surface area (TPSA) is 215 Å². The Morgan fingerprint density at radius 2 is 0.833 bits per heavy atom. The Balaban J connectivity index is 4.67. The van der Waals surface area contributed by atoms with Crippen molar-refractivity contribution in [3.05, 3.63) is 10.4 Å². The summed E-state index contributed by atoms with van der Waals surface area (Å²) in [6.45, 7) is 6.79. The number of carbonyl (C=O) groups is 1. The SMILES string of the molecule is COCOCCOCCOCCOCC(COCCOCCOCCN=[N+]=[N-])(COCCOCCOCCOCOC)COCC(=O)O. The van der Waals surface area contributed by atoms with E-state index in [0.29, 0.717) is 92.5 Å². The second-order valence-electron chi connectivity index (χ2n) is 9.80. The fraction of sp³-hybridized carbons (Fsp3) is 0.966. The molecular weight excluding hydrogens is 646 g/mol. The maximum absolute atomic E-state index is 11.1. The van der Waals surface area contributed by atoms with Crippen LogP contribution in [0.4, 0.5) is 0 Å². The van der Waals surface area contributed by atoms with Gasteiger partial charge in [0.05, 0.1) is 144 Å². The van der Waals surface area contributed by atoms with Gasteiger partial charge in [-0.15, -0.1) is 0 Å². The Kier molecular flexibility index (Phi) is 36.6. The molecule has 0 radical (unpaired) electrons. The van der Waals surface area contributed by atoms with Crippen LogP contribution in [0.5, 0.6) is 0 Å². The highest BCUT2D eigenvalue weighted by Gasteiger charge is 2.33. The standard InChI is InChI=1S/C29H57N3O16/c1-35-26-46-19-14-41-9-7-39-12-17-44-23-29(25-48-21-28(33)34,22-43-16-11-38-6-5-37-4-3-31-32-30)24-45-18-13-40-8-10-42-15-20-47-27-36-2/h3-27H2,1-2H3,(H,33,34). The van der Waals surface area contributed by atoms with Crippen LogP contribution in [0.3, 0.4) is 0 Å². The van der Waals surface area contributed by atoms with E-state index in [1.807, 2.05) is 0 Å². The summed E-state index contributed by atoms with van der Waals surface area (Å²) in [5.41, 5.74) is 7.45. The van der Waals surface area contributed by atoms with Crippen molar-refractivity contribution in [3.63, 3.8) is 0 Å². The summed E-state index contributed by atoms with van der Waals surface area (Å²) in [6.07, 6.45) is 0. The van der Waals surface area contributed by atoms with E-state index in [1.54, 1.807) is 14.2 Å². The number of ether oxygens (including phenoxy) is 14. The molecule has 0 aromatic carbocycles. The lowest BCUT2D eigenvalue weighted by molar-refractivity contribution is -0.149. The fourth-order valence-corrected chi connectivity index (χ4v) is 3.46. The Labute approximate surface area is 283 Å². The van der Waals surface area contributed by atoms with Crippen molar-refractivity contribution < 1.29 is 76.2 Å². The summed E-state index contributed by atoms with van der Waals surface area (Å²) >= 11 is 0. The fourth-order valence-electron chi connectivity index (χ4n) is 3.46. The Hall–Kier alpha value is -1.78. The number of hydrogen-bond acceptors (Lipinski definition) is 16. The molecule has 0 aromatic heterocycles. The first kappa shape index (κ1) is 46.2. The van der Waals surface area contributed by atoms with E-state index in [0.717, 1.165) is 0 Å². The van der Waals surface area contributed by atoms with Crippen molar-refractivity contribution in [2.45, 2.75) is 0 Å². The van der Waals surface area contributed by atoms with Crippen LogP contribution in [0.1, 0.15) is 0 Å². The summed E-state index contributed by atoms with van der Waals surface area (Å²) in [7, 11) is 3.11. The van der Waals surface area contributed by atoms with Gasteiger partial charge in [0.25, 0.3) is 0 Å². The Bertz CT molecular complexity index is 709. The molecule has 19 nitrogen and oxygen atoms in total. The molecule has 0 fully saturated rings. The van der Waals surface area contributed by atoms with Gasteiger partial charge < -0.3 is 71.4 Å². The zero-order valence-corrected chi connectivity index (χ0v) is 28.6. The molecule has 0 aliphatic heterocycles. The van der Waals surface area contributed by atoms with Gasteiger partial charge in [-0.3, -0.25) is 0 Å². The molecule has 0 bridgehead atoms. The third-order valence-electron chi connectivity index (χ3n) is 5.64. The molecule has 19 heteroatoms. The van der Waals surface area contributed by atoms with Gasteiger partial charge in [0.1, 0.15) is 20.2 Å². The molecule has 0 atom stereocenters. The van der Waals surface area contributed by atoms with Gasteiger partial charge >= 0.3 is 5.97 Å². The van der Waals surface area contributed by atoms with Crippen molar-refractivity contribution in [1.29, 1.82) is 0 Å². The maximum atomic E-state index is 11.1. The molecule has 1 N–H and O–H groups in total. The van der Waals surface area contributed by atoms with E-state index >= 15 is 0 Å². The first-order chi connectivity index (χ1) is 23.6. The van der Waals surface area contributed by atoms with Crippen molar-refractivity contribution in [2.24, 2.45) is 10.5 Å². The quantitative estimate of drug-likeness (QED) is 0.0306. The molecule has 0 aliphatic carbocycles. The molecule has 0 saturated carbocycles. The number of nitrogens with zero attached hydrogens (tertiary/aromatic N) is 3. The van der Waals surface area contributed by atoms with Crippen LogP contribution < -0.4 is 0 Å². The molecule has 0 unspecified atom stereocenters. The summed E-state index contributed by atoms with van der Waals surface area (Å²) in [6, 6.07) is 0. The Morgan fingerprint density at radius 3 is 1.17 bits per heavy atom. The molecule has 284 valence electrons. The van der Waals surface area contributed by atoms with Gasteiger partial charge in [-0.05, 0) is 5.53 Å². The molecule has 0 aliphatic rings. The number of carboxylic acids is 1. The van der Waals surface area contributed by atoms with Crippen molar-refractivity contribution in [3.8, 4) is 0 Å². The number of rotatable bonds is 41. The second kappa shape index (κ2) is 38.0. The number of aliphatic carboxylic acids is 1. The number of azide groups is 1. The minimum atomic E-state index is -1.09. The predicted molar refractivity (Wildman–Crippen MR) is 168 cm³/mol. The van der Waals surface area contributed by atoms with Crippen LogP contribution in [-0.2, 0) is 71.1 Å². The highest BCUT2D eigenvalue weighted by molar-refractivity contribution is 5.67. The zero-order chi connectivity index (χ0) is 35.1. The van der Waals surface area contributed by atoms with Gasteiger partial charge in [-0.2, -0.15) is 0 Å². The molecule has 0 saturated heterocycles. The van der Waals surface area contributed by atoms with Crippen LogP contribution in [0.2, 0.25) is 0 Å². The molecule has 0 amide bonds. The number of carboxylic acid groups (broad SMARTS) is 1. The van der Waals surface area contributed by atoms with Crippen LogP contribution in [0, 0.1) is 5.41 Å². The zero-order valence-electron chi connectivity index (χ0n) is 28.6. The summed E-state index contributed by atoms with van der Waals surface area (Å²) in [5, 5.41) is 12.5. The lowest BCUT2D eigenvalue weighted by atomic mass is 9.92. The summed E-state index contributed by atoms with van der Waals surface area (Å²) in [5.74, 6) is -1.09. The van der Waals surface area contributed by atoms with Gasteiger partial charge in [0.15, 0.2) is 0 Å². The summed E-state index contributed by atoms with van der Waals surface area (Å²) < 4.78 is 75.9. The van der Waals surface area contributed by atoms with E-state index in [2.05, 4.69) is 10.0 Å². The number of methoxy groups -OCH3 is 2. The first-order valence-electron chi connectivity index (χ1n) is 15.7. The van der Waals surface area contributed by atoms with E-state index < -0.39 is 18.0 Å². The first-order valence-corrected chi connectivity index (χ1v) is 15.7. The normalized spacial score (nSPS) is 11.6. The predicted octanol–water partition coefficient (Wildman–Crippen LogP) is 0.775. The van der Waals surface area contributed by atoms with E-state index in [1.165, 1.54) is 0 Å². The van der Waals surface area contributed by atoms with E-state index in [-0.39, 0.29) is 66.4 Å². The van der Waals surface area contributed by atoms with Gasteiger partial charge in [0.2, 0.25) is 0 Å². The van der Waals surface area contributed by atoms with Crippen molar-refractivity contribution in [2.75, 3.05) is 180 Å². The molecule has 0 heterocycles. The third kappa shape index (κ3) is 34.1. The largest absolute Gasteiger partial charge is 0.480 e. The van der Waals surface area contributed by atoms with Crippen LogP contribution in [0.15, 0.2) is 5.11 Å². The highest BCUT2D eigenvalue weighted by Crippen LogP contribution is 2.21. The van der Waals surface area contributed by atoms with Crippen molar-refractivity contribution in [1.82, 2.24) is 0 Å². The molecular formula is C29H57N3O16. The van der Waals surface area contributed by atoms with E-state index in [9.17, 15) is 4.79 Å². The lowest BCUT2D eigenvalue weighted by Crippen LogP contribution is -2.43. The molecule has 48 heavy (non-hydrogen) atoms. The molecule has 0 aromatic rings. The van der Waals surface area contributed by atoms with Crippen LogP contribution in [-0.4, -0.2) is 191 Å². The van der Waals surface area contributed by atoms with Gasteiger partial charge in [0, 0.05) is 25.7 Å². The molecule has 0 spiro atoms. The van der Waals surface area contributed by atoms with Crippen LogP contribution in [0.25, 0.3) is 10.4 Å². The monoisotopic (exact) mass is 703 g/mol. The summed E-state index contributed by atoms with van der Waals surface area (Å²) in [4.78, 5) is 13.8. The average molecular weight is 704 g/mol. The van der Waals surface area contributed by atoms with Crippen molar-refractivity contribution >= 4 is 5.97 Å². The van der Waals surface area contributed by atoms with Crippen LogP contribution >= 0.6 is 0 Å². The third-order valence-corrected chi connectivity index (χ3v) is 5.64. The second-order valence-corrected chi connectivity index (χ2v) is 9.80.